The zero-order valence-electron chi connectivity index (χ0n) is 16.9. The van der Waals surface area contributed by atoms with Crippen LogP contribution in [0.4, 0.5) is 5.69 Å². The van der Waals surface area contributed by atoms with E-state index in [4.69, 9.17) is 0 Å². The number of aromatic nitrogens is 1. The SMILES string of the molecule is Cc1ccc(N2C(=O)c3cccnc3[C@@H]2CC(=O)NCCC2=CCCCC2)cc1. The van der Waals surface area contributed by atoms with Gasteiger partial charge in [-0.05, 0) is 63.3 Å². The van der Waals surface area contributed by atoms with Crippen molar-refractivity contribution in [1.29, 1.82) is 0 Å². The fourth-order valence-electron chi connectivity index (χ4n) is 4.19. The van der Waals surface area contributed by atoms with Crippen LogP contribution in [0.5, 0.6) is 0 Å². The molecule has 2 aliphatic rings. The summed E-state index contributed by atoms with van der Waals surface area (Å²) in [5, 5.41) is 3.04. The Kier molecular flexibility index (Phi) is 5.74. The maximum Gasteiger partial charge on any atom is 0.260 e. The van der Waals surface area contributed by atoms with E-state index in [1.165, 1.54) is 18.4 Å². The first kappa shape index (κ1) is 19.4. The Morgan fingerprint density at radius 2 is 2.03 bits per heavy atom. The summed E-state index contributed by atoms with van der Waals surface area (Å²) in [7, 11) is 0. The topological polar surface area (TPSA) is 62.3 Å². The molecule has 0 saturated heterocycles. The van der Waals surface area contributed by atoms with Crippen LogP contribution in [0.1, 0.15) is 66.2 Å². The number of amides is 2. The van der Waals surface area contributed by atoms with Crippen molar-refractivity contribution in [3.8, 4) is 0 Å². The largest absolute Gasteiger partial charge is 0.356 e. The number of hydrogen-bond donors (Lipinski definition) is 1. The molecule has 2 amide bonds. The van der Waals surface area contributed by atoms with Gasteiger partial charge in [0.2, 0.25) is 5.91 Å². The van der Waals surface area contributed by atoms with Crippen molar-refractivity contribution >= 4 is 17.5 Å². The molecule has 4 rings (SSSR count). The van der Waals surface area contributed by atoms with Gasteiger partial charge in [-0.15, -0.1) is 0 Å². The molecule has 150 valence electrons. The number of carbonyl (C=O) groups is 2. The highest BCUT2D eigenvalue weighted by Crippen LogP contribution is 2.38. The van der Waals surface area contributed by atoms with Crippen molar-refractivity contribution in [2.45, 2.75) is 51.5 Å². The van der Waals surface area contributed by atoms with Gasteiger partial charge in [0.25, 0.3) is 5.91 Å². The van der Waals surface area contributed by atoms with Gasteiger partial charge in [0.15, 0.2) is 0 Å². The van der Waals surface area contributed by atoms with E-state index in [0.29, 0.717) is 17.8 Å². The molecule has 0 bridgehead atoms. The van der Waals surface area contributed by atoms with Crippen molar-refractivity contribution in [2.75, 3.05) is 11.4 Å². The van der Waals surface area contributed by atoms with Crippen molar-refractivity contribution in [1.82, 2.24) is 10.3 Å². The second-order valence-corrected chi connectivity index (χ2v) is 7.87. The molecular formula is C24H27N3O2. The van der Waals surface area contributed by atoms with E-state index in [9.17, 15) is 9.59 Å². The third-order valence-electron chi connectivity index (χ3n) is 5.76. The molecule has 1 atom stereocenters. The molecule has 1 aliphatic heterocycles. The quantitative estimate of drug-likeness (QED) is 0.741. The highest BCUT2D eigenvalue weighted by molar-refractivity contribution is 6.11. The van der Waals surface area contributed by atoms with E-state index in [1.807, 2.05) is 31.2 Å². The number of benzene rings is 1. The molecule has 1 N–H and O–H groups in total. The second-order valence-electron chi connectivity index (χ2n) is 7.87. The lowest BCUT2D eigenvalue weighted by molar-refractivity contribution is -0.121. The van der Waals surface area contributed by atoms with Crippen LogP contribution in [0, 0.1) is 6.92 Å². The standard InChI is InChI=1S/C24H27N3O2/c1-17-9-11-19(12-10-17)27-21(23-20(24(27)29)8-5-14-26-23)16-22(28)25-15-13-18-6-3-2-4-7-18/h5-6,8-12,14,21H,2-4,7,13,15-16H2,1H3,(H,25,28)/t21-/m0/s1. The summed E-state index contributed by atoms with van der Waals surface area (Å²) in [6.45, 7) is 2.66. The molecule has 1 aromatic carbocycles. The van der Waals surface area contributed by atoms with Crippen LogP contribution >= 0.6 is 0 Å². The lowest BCUT2D eigenvalue weighted by Gasteiger charge is -2.25. The van der Waals surface area contributed by atoms with Gasteiger partial charge in [0.05, 0.1) is 23.7 Å². The fourth-order valence-corrected chi connectivity index (χ4v) is 4.19. The molecule has 1 aliphatic carbocycles. The normalized spacial score (nSPS) is 18.4. The van der Waals surface area contributed by atoms with E-state index in [2.05, 4.69) is 16.4 Å². The molecule has 0 unspecified atom stereocenters. The lowest BCUT2D eigenvalue weighted by Crippen LogP contribution is -2.33. The molecule has 5 nitrogen and oxygen atoms in total. The molecule has 2 aromatic rings. The third-order valence-corrected chi connectivity index (χ3v) is 5.76. The Hall–Kier alpha value is -2.95. The minimum Gasteiger partial charge on any atom is -0.356 e. The van der Waals surface area contributed by atoms with Gasteiger partial charge in [0.1, 0.15) is 0 Å². The molecular weight excluding hydrogens is 362 g/mol. The summed E-state index contributed by atoms with van der Waals surface area (Å²) in [6, 6.07) is 11.0. The Labute approximate surface area is 171 Å². The summed E-state index contributed by atoms with van der Waals surface area (Å²) < 4.78 is 0. The summed E-state index contributed by atoms with van der Waals surface area (Å²) in [6.07, 6.45) is 9.93. The molecule has 29 heavy (non-hydrogen) atoms. The number of fused-ring (bicyclic) bond motifs is 1. The zero-order valence-corrected chi connectivity index (χ0v) is 16.9. The Balaban J connectivity index is 1.48. The van der Waals surface area contributed by atoms with Gasteiger partial charge in [-0.3, -0.25) is 19.5 Å². The molecule has 0 radical (unpaired) electrons. The smallest absolute Gasteiger partial charge is 0.260 e. The molecule has 0 fully saturated rings. The monoisotopic (exact) mass is 389 g/mol. The molecule has 2 heterocycles. The maximum atomic E-state index is 13.0. The van der Waals surface area contributed by atoms with Crippen LogP contribution in [-0.2, 0) is 4.79 Å². The number of pyridine rings is 1. The number of nitrogens with one attached hydrogen (secondary N) is 1. The van der Waals surface area contributed by atoms with Crippen LogP contribution in [0.3, 0.4) is 0 Å². The Morgan fingerprint density at radius 3 is 2.79 bits per heavy atom. The van der Waals surface area contributed by atoms with E-state index in [0.717, 1.165) is 30.5 Å². The first-order chi connectivity index (χ1) is 14.1. The van der Waals surface area contributed by atoms with Crippen molar-refractivity contribution < 1.29 is 9.59 Å². The minimum atomic E-state index is -0.379. The second kappa shape index (κ2) is 8.60. The molecule has 0 saturated carbocycles. The average Bonchev–Trinajstić information content (AvgIpc) is 3.01. The van der Waals surface area contributed by atoms with Crippen LogP contribution in [0.25, 0.3) is 0 Å². The zero-order chi connectivity index (χ0) is 20.2. The van der Waals surface area contributed by atoms with Gasteiger partial charge < -0.3 is 5.32 Å². The van der Waals surface area contributed by atoms with Gasteiger partial charge in [0, 0.05) is 18.4 Å². The number of hydrogen-bond acceptors (Lipinski definition) is 3. The van der Waals surface area contributed by atoms with Crippen LogP contribution < -0.4 is 10.2 Å². The minimum absolute atomic E-state index is 0.0465. The Bertz CT molecular complexity index is 933. The third kappa shape index (κ3) is 4.24. The number of rotatable bonds is 6. The summed E-state index contributed by atoms with van der Waals surface area (Å²) in [5.74, 6) is -0.142. The van der Waals surface area contributed by atoms with E-state index < -0.39 is 0 Å². The van der Waals surface area contributed by atoms with E-state index in [1.54, 1.807) is 23.2 Å². The van der Waals surface area contributed by atoms with Crippen molar-refractivity contribution in [3.63, 3.8) is 0 Å². The van der Waals surface area contributed by atoms with E-state index in [-0.39, 0.29) is 24.3 Å². The van der Waals surface area contributed by atoms with Crippen LogP contribution in [-0.4, -0.2) is 23.3 Å². The first-order valence-corrected chi connectivity index (χ1v) is 10.4. The lowest BCUT2D eigenvalue weighted by atomic mass is 9.97. The van der Waals surface area contributed by atoms with Gasteiger partial charge in [-0.2, -0.15) is 0 Å². The van der Waals surface area contributed by atoms with Crippen molar-refractivity contribution in [3.05, 3.63) is 71.1 Å². The molecule has 1 aromatic heterocycles. The van der Waals surface area contributed by atoms with Gasteiger partial charge >= 0.3 is 0 Å². The Morgan fingerprint density at radius 1 is 1.21 bits per heavy atom. The summed E-state index contributed by atoms with van der Waals surface area (Å²) in [4.78, 5) is 31.9. The first-order valence-electron chi connectivity index (χ1n) is 10.4. The molecule has 0 spiro atoms. The highest BCUT2D eigenvalue weighted by atomic mass is 16.2. The predicted molar refractivity (Wildman–Crippen MR) is 114 cm³/mol. The number of anilines is 1. The van der Waals surface area contributed by atoms with Crippen LogP contribution in [0.2, 0.25) is 0 Å². The molecule has 5 heteroatoms. The maximum absolute atomic E-state index is 13.0. The predicted octanol–water partition coefficient (Wildman–Crippen LogP) is 4.49. The number of allylic oxidation sites excluding steroid dienone is 1. The number of nitrogens with zero attached hydrogens (tertiary/aromatic N) is 2. The van der Waals surface area contributed by atoms with Gasteiger partial charge in [-0.25, -0.2) is 0 Å². The van der Waals surface area contributed by atoms with Crippen molar-refractivity contribution in [2.24, 2.45) is 0 Å². The summed E-state index contributed by atoms with van der Waals surface area (Å²) in [5.41, 5.74) is 4.63. The van der Waals surface area contributed by atoms with E-state index >= 15 is 0 Å². The van der Waals surface area contributed by atoms with Gasteiger partial charge in [-0.1, -0.05) is 29.3 Å². The average molecular weight is 389 g/mol. The van der Waals surface area contributed by atoms with Crippen LogP contribution in [0.15, 0.2) is 54.2 Å². The summed E-state index contributed by atoms with van der Waals surface area (Å²) >= 11 is 0. The fraction of sp³-hybridized carbons (Fsp3) is 0.375. The highest BCUT2D eigenvalue weighted by Gasteiger charge is 2.39. The number of aryl methyl sites for hydroxylation is 1. The number of carbonyl (C=O) groups excluding carboxylic acids is 2.